The van der Waals surface area contributed by atoms with E-state index in [-0.39, 0.29) is 16.3 Å². The van der Waals surface area contributed by atoms with Gasteiger partial charge in [-0.2, -0.15) is 0 Å². The molecule has 3 aromatic rings. The van der Waals surface area contributed by atoms with E-state index >= 15 is 0 Å². The molecule has 9 nitrogen and oxygen atoms in total. The number of ether oxygens (including phenoxy) is 2. The van der Waals surface area contributed by atoms with Crippen LogP contribution in [0.2, 0.25) is 0 Å². The zero-order valence-electron chi connectivity index (χ0n) is 18.5. The molecule has 170 valence electrons. The molecule has 0 aliphatic carbocycles. The smallest absolute Gasteiger partial charge is 0.270 e. The third kappa shape index (κ3) is 4.70. The number of anilines is 2. The van der Waals surface area contributed by atoms with Gasteiger partial charge in [0.25, 0.3) is 10.0 Å². The van der Waals surface area contributed by atoms with Crippen LogP contribution in [0, 0.1) is 20.8 Å². The molecule has 1 aromatic heterocycles. The Morgan fingerprint density at radius 3 is 2.25 bits per heavy atom. The van der Waals surface area contributed by atoms with E-state index in [4.69, 9.17) is 14.0 Å². The van der Waals surface area contributed by atoms with E-state index in [1.165, 1.54) is 21.1 Å². The lowest BCUT2D eigenvalue weighted by molar-refractivity contribution is -0.114. The Morgan fingerprint density at radius 2 is 1.69 bits per heavy atom. The zero-order chi connectivity index (χ0) is 23.5. The Labute approximate surface area is 187 Å². The number of hydrogen-bond acceptors (Lipinski definition) is 7. The number of rotatable bonds is 8. The van der Waals surface area contributed by atoms with Gasteiger partial charge in [-0.15, -0.1) is 0 Å². The van der Waals surface area contributed by atoms with Crippen molar-refractivity contribution < 1.29 is 27.2 Å². The Bertz CT molecular complexity index is 1200. The fourth-order valence-corrected chi connectivity index (χ4v) is 4.94. The third-order valence-corrected chi connectivity index (χ3v) is 6.81. The van der Waals surface area contributed by atoms with Crippen molar-refractivity contribution >= 4 is 27.3 Å². The second-order valence-corrected chi connectivity index (χ2v) is 8.92. The lowest BCUT2D eigenvalue weighted by Crippen LogP contribution is -2.38. The number of amides is 1. The van der Waals surface area contributed by atoms with Crippen molar-refractivity contribution in [2.24, 2.45) is 0 Å². The van der Waals surface area contributed by atoms with Gasteiger partial charge in [0.1, 0.15) is 12.2 Å². The molecule has 0 saturated carbocycles. The first-order valence-electron chi connectivity index (χ1n) is 9.71. The van der Waals surface area contributed by atoms with Gasteiger partial charge in [-0.1, -0.05) is 22.9 Å². The molecule has 1 N–H and O–H groups in total. The van der Waals surface area contributed by atoms with Gasteiger partial charge in [0.15, 0.2) is 22.2 Å². The van der Waals surface area contributed by atoms with Crippen molar-refractivity contribution in [3.63, 3.8) is 0 Å². The first kappa shape index (κ1) is 23.1. The van der Waals surface area contributed by atoms with Gasteiger partial charge in [-0.25, -0.2) is 8.42 Å². The molecular weight excluding hydrogens is 434 g/mol. The minimum atomic E-state index is -4.12. The minimum absolute atomic E-state index is 0.0583. The van der Waals surface area contributed by atoms with Crippen LogP contribution < -0.4 is 19.1 Å². The van der Waals surface area contributed by atoms with E-state index in [1.807, 2.05) is 6.92 Å². The predicted octanol–water partition coefficient (Wildman–Crippen LogP) is 3.45. The van der Waals surface area contributed by atoms with Gasteiger partial charge < -0.3 is 19.3 Å². The maximum absolute atomic E-state index is 13.5. The van der Waals surface area contributed by atoms with Gasteiger partial charge in [-0.3, -0.25) is 9.10 Å². The first-order valence-corrected chi connectivity index (χ1v) is 11.2. The molecule has 3 rings (SSSR count). The van der Waals surface area contributed by atoms with Crippen LogP contribution in [0.15, 0.2) is 51.9 Å². The van der Waals surface area contributed by atoms with Crippen LogP contribution in [-0.2, 0) is 14.8 Å². The summed E-state index contributed by atoms with van der Waals surface area (Å²) in [5, 5.41) is 6.45. The van der Waals surface area contributed by atoms with E-state index in [2.05, 4.69) is 10.5 Å². The monoisotopic (exact) mass is 459 g/mol. The largest absolute Gasteiger partial charge is 0.493 e. The van der Waals surface area contributed by atoms with Crippen molar-refractivity contribution in [1.29, 1.82) is 0 Å². The zero-order valence-corrected chi connectivity index (χ0v) is 19.3. The second kappa shape index (κ2) is 9.31. The number of benzene rings is 2. The molecule has 0 radical (unpaired) electrons. The van der Waals surface area contributed by atoms with Crippen LogP contribution in [0.4, 0.5) is 11.4 Å². The number of methoxy groups -OCH3 is 2. The van der Waals surface area contributed by atoms with Gasteiger partial charge in [-0.05, 0) is 45.0 Å². The number of nitrogens with zero attached hydrogens (tertiary/aromatic N) is 2. The van der Waals surface area contributed by atoms with Gasteiger partial charge in [0.05, 0.1) is 19.9 Å². The van der Waals surface area contributed by atoms with Gasteiger partial charge in [0.2, 0.25) is 5.91 Å². The summed E-state index contributed by atoms with van der Waals surface area (Å²) in [5.41, 5.74) is 1.96. The molecule has 0 atom stereocenters. The van der Waals surface area contributed by atoms with Gasteiger partial charge >= 0.3 is 0 Å². The molecule has 0 spiro atoms. The topological polar surface area (TPSA) is 111 Å². The van der Waals surface area contributed by atoms with Crippen LogP contribution in [0.25, 0.3) is 0 Å². The van der Waals surface area contributed by atoms with Crippen molar-refractivity contribution in [3.8, 4) is 11.5 Å². The number of hydrogen-bond donors (Lipinski definition) is 1. The average molecular weight is 460 g/mol. The van der Waals surface area contributed by atoms with Crippen LogP contribution in [0.1, 0.15) is 17.0 Å². The molecular formula is C22H25N3O6S. The van der Waals surface area contributed by atoms with Crippen LogP contribution >= 0.6 is 0 Å². The normalized spacial score (nSPS) is 11.2. The highest BCUT2D eigenvalue weighted by atomic mass is 32.2. The number of carbonyl (C=O) groups excluding carboxylic acids is 1. The van der Waals surface area contributed by atoms with E-state index < -0.39 is 22.5 Å². The maximum Gasteiger partial charge on any atom is 0.270 e. The predicted molar refractivity (Wildman–Crippen MR) is 120 cm³/mol. The fraction of sp³-hybridized carbons (Fsp3) is 0.273. The summed E-state index contributed by atoms with van der Waals surface area (Å²) in [6.07, 6.45) is 0. The fourth-order valence-electron chi connectivity index (χ4n) is 3.22. The summed E-state index contributed by atoms with van der Waals surface area (Å²) in [5.74, 6) is 0.560. The number of aromatic nitrogens is 1. The molecule has 0 bridgehead atoms. The third-order valence-electron chi connectivity index (χ3n) is 4.79. The maximum atomic E-state index is 13.5. The summed E-state index contributed by atoms with van der Waals surface area (Å²) in [4.78, 5) is 12.8. The second-order valence-electron chi connectivity index (χ2n) is 7.12. The van der Waals surface area contributed by atoms with E-state index in [1.54, 1.807) is 49.4 Å². The molecule has 0 aliphatic heterocycles. The van der Waals surface area contributed by atoms with Crippen LogP contribution in [0.3, 0.4) is 0 Å². The summed E-state index contributed by atoms with van der Waals surface area (Å²) in [6.45, 7) is 4.49. The van der Waals surface area contributed by atoms with Crippen LogP contribution in [-0.4, -0.2) is 40.2 Å². The first-order chi connectivity index (χ1) is 15.2. The lowest BCUT2D eigenvalue weighted by atomic mass is 10.2. The molecule has 0 saturated heterocycles. The van der Waals surface area contributed by atoms with Crippen molar-refractivity contribution in [2.45, 2.75) is 25.7 Å². The lowest BCUT2D eigenvalue weighted by Gasteiger charge is -2.24. The highest BCUT2D eigenvalue weighted by molar-refractivity contribution is 7.93. The Morgan fingerprint density at radius 1 is 1.03 bits per heavy atom. The Hall–Kier alpha value is -3.53. The van der Waals surface area contributed by atoms with Crippen LogP contribution in [0.5, 0.6) is 11.5 Å². The molecule has 0 unspecified atom stereocenters. The number of aryl methyl sites for hydroxylation is 3. The summed E-state index contributed by atoms with van der Waals surface area (Å²) in [7, 11) is -1.13. The molecule has 32 heavy (non-hydrogen) atoms. The minimum Gasteiger partial charge on any atom is -0.493 e. The number of carbonyl (C=O) groups is 1. The summed E-state index contributed by atoms with van der Waals surface area (Å²) < 4.78 is 43.5. The Kier molecular flexibility index (Phi) is 6.73. The highest BCUT2D eigenvalue weighted by Gasteiger charge is 2.32. The quantitative estimate of drug-likeness (QED) is 0.549. The molecule has 1 amide bonds. The average Bonchev–Trinajstić information content (AvgIpc) is 3.11. The van der Waals surface area contributed by atoms with Crippen molar-refractivity contribution in [1.82, 2.24) is 5.16 Å². The van der Waals surface area contributed by atoms with E-state index in [0.29, 0.717) is 22.9 Å². The highest BCUT2D eigenvalue weighted by Crippen LogP contribution is 2.31. The summed E-state index contributed by atoms with van der Waals surface area (Å²) >= 11 is 0. The summed E-state index contributed by atoms with van der Waals surface area (Å²) in [6, 6.07) is 11.7. The van der Waals surface area contributed by atoms with E-state index in [0.717, 1.165) is 9.87 Å². The van der Waals surface area contributed by atoms with Gasteiger partial charge in [0, 0.05) is 11.8 Å². The van der Waals surface area contributed by atoms with Crippen molar-refractivity contribution in [2.75, 3.05) is 30.4 Å². The SMILES string of the molecule is COc1ccc(NC(=O)CN(c2ccc(C)cc2)S(=O)(=O)c2c(C)noc2C)cc1OC. The molecule has 0 fully saturated rings. The van der Waals surface area contributed by atoms with E-state index in [9.17, 15) is 13.2 Å². The molecule has 10 heteroatoms. The van der Waals surface area contributed by atoms with Crippen molar-refractivity contribution in [3.05, 3.63) is 59.5 Å². The standard InChI is InChI=1S/C22H25N3O6S/c1-14-6-9-18(10-7-14)25(32(27,28)22-15(2)24-31-16(22)3)13-21(26)23-17-8-11-19(29-4)20(12-17)30-5/h6-12H,13H2,1-5H3,(H,23,26). The molecule has 0 aliphatic rings. The number of nitrogens with one attached hydrogen (secondary N) is 1. The molecule has 1 heterocycles. The Balaban J connectivity index is 1.94. The number of sulfonamides is 1. The molecule has 2 aromatic carbocycles.